The summed E-state index contributed by atoms with van der Waals surface area (Å²) >= 11 is 0. The molecule has 0 atom stereocenters. The molecule has 1 fully saturated rings. The van der Waals surface area contributed by atoms with Crippen molar-refractivity contribution >= 4 is 5.91 Å². The lowest BCUT2D eigenvalue weighted by Crippen LogP contribution is -2.41. The van der Waals surface area contributed by atoms with Crippen molar-refractivity contribution < 1.29 is 19.0 Å². The van der Waals surface area contributed by atoms with Crippen LogP contribution in [0.4, 0.5) is 0 Å². The summed E-state index contributed by atoms with van der Waals surface area (Å²) in [7, 11) is 0. The van der Waals surface area contributed by atoms with E-state index >= 15 is 0 Å². The maximum Gasteiger partial charge on any atom is 0.254 e. The van der Waals surface area contributed by atoms with Crippen molar-refractivity contribution in [1.29, 1.82) is 0 Å². The van der Waals surface area contributed by atoms with Gasteiger partial charge in [0.25, 0.3) is 5.91 Å². The average Bonchev–Trinajstić information content (AvgIpc) is 3.56. The van der Waals surface area contributed by atoms with Gasteiger partial charge in [0.15, 0.2) is 11.5 Å². The molecule has 0 saturated heterocycles. The highest BCUT2D eigenvalue weighted by molar-refractivity contribution is 5.95. The molecule has 3 aliphatic rings. The second-order valence-electron chi connectivity index (χ2n) is 9.46. The fourth-order valence-corrected chi connectivity index (χ4v) is 5.53. The first-order valence-corrected chi connectivity index (χ1v) is 12.2. The van der Waals surface area contributed by atoms with Crippen LogP contribution in [0.3, 0.4) is 0 Å². The third-order valence-corrected chi connectivity index (χ3v) is 7.40. The summed E-state index contributed by atoms with van der Waals surface area (Å²) in [6, 6.07) is 22.9. The minimum atomic E-state index is 0.0931. The van der Waals surface area contributed by atoms with Gasteiger partial charge in [-0.1, -0.05) is 36.4 Å². The fourth-order valence-electron chi connectivity index (χ4n) is 5.53. The van der Waals surface area contributed by atoms with Crippen LogP contribution in [0.15, 0.2) is 66.7 Å². The predicted molar refractivity (Wildman–Crippen MR) is 130 cm³/mol. The number of benzene rings is 3. The van der Waals surface area contributed by atoms with Crippen molar-refractivity contribution in [3.63, 3.8) is 0 Å². The van der Waals surface area contributed by atoms with E-state index in [1.807, 2.05) is 36.4 Å². The zero-order valence-corrected chi connectivity index (χ0v) is 19.2. The second-order valence-corrected chi connectivity index (χ2v) is 9.46. The number of hydrogen-bond donors (Lipinski definition) is 0. The molecule has 2 aliphatic heterocycles. The first-order valence-electron chi connectivity index (χ1n) is 12.2. The zero-order valence-electron chi connectivity index (χ0n) is 19.2. The van der Waals surface area contributed by atoms with Crippen molar-refractivity contribution in [2.75, 3.05) is 13.4 Å². The molecule has 0 aromatic heterocycles. The van der Waals surface area contributed by atoms with Gasteiger partial charge < -0.3 is 19.1 Å². The number of ether oxygens (including phenoxy) is 3. The van der Waals surface area contributed by atoms with E-state index in [9.17, 15) is 4.79 Å². The summed E-state index contributed by atoms with van der Waals surface area (Å²) < 4.78 is 16.7. The quantitative estimate of drug-likeness (QED) is 0.494. The van der Waals surface area contributed by atoms with Gasteiger partial charge in [-0.3, -0.25) is 4.79 Å². The normalized spacial score (nSPS) is 20.5. The summed E-state index contributed by atoms with van der Waals surface area (Å²) in [5.41, 5.74) is 4.34. The molecule has 174 valence electrons. The van der Waals surface area contributed by atoms with E-state index in [1.165, 1.54) is 5.56 Å². The SMILES string of the molecule is O=C(c1ccc2c(c1)CCO2)N(Cc1ccc2c(c1)OCO2)C1CCC(c2ccccc2)CC1. The van der Waals surface area contributed by atoms with Crippen molar-refractivity contribution in [3.8, 4) is 17.2 Å². The molecule has 5 heteroatoms. The van der Waals surface area contributed by atoms with Gasteiger partial charge in [-0.2, -0.15) is 0 Å². The molecular weight excluding hydrogens is 426 g/mol. The van der Waals surface area contributed by atoms with Crippen LogP contribution in [0.2, 0.25) is 0 Å². The van der Waals surface area contributed by atoms with Gasteiger partial charge >= 0.3 is 0 Å². The Morgan fingerprint density at radius 1 is 0.824 bits per heavy atom. The van der Waals surface area contributed by atoms with Crippen molar-refractivity contribution in [2.45, 2.75) is 50.6 Å². The van der Waals surface area contributed by atoms with Gasteiger partial charge in [-0.05, 0) is 78.6 Å². The minimum absolute atomic E-state index is 0.0931. The van der Waals surface area contributed by atoms with Crippen LogP contribution in [0.25, 0.3) is 0 Å². The highest BCUT2D eigenvalue weighted by Gasteiger charge is 2.31. The van der Waals surface area contributed by atoms with Crippen molar-refractivity contribution in [1.82, 2.24) is 4.90 Å². The Kier molecular flexibility index (Phi) is 5.61. The number of carbonyl (C=O) groups is 1. The Morgan fingerprint density at radius 3 is 2.47 bits per heavy atom. The third kappa shape index (κ3) is 4.11. The molecule has 0 bridgehead atoms. The van der Waals surface area contributed by atoms with Gasteiger partial charge in [-0.15, -0.1) is 0 Å². The summed E-state index contributed by atoms with van der Waals surface area (Å²) in [6.07, 6.45) is 5.06. The standard InChI is InChI=1S/C29H29NO4/c31-29(24-9-13-26-23(17-24)14-15-32-26)30(18-20-6-12-27-28(16-20)34-19-33-27)25-10-7-22(8-11-25)21-4-2-1-3-5-21/h1-6,9,12-13,16-17,22,25H,7-8,10-11,14-15,18-19H2. The Balaban J connectivity index is 1.25. The lowest BCUT2D eigenvalue weighted by molar-refractivity contribution is 0.0605. The lowest BCUT2D eigenvalue weighted by atomic mass is 9.81. The molecule has 2 heterocycles. The van der Waals surface area contributed by atoms with Gasteiger partial charge in [0.05, 0.1) is 6.61 Å². The van der Waals surface area contributed by atoms with E-state index in [0.717, 1.165) is 66.0 Å². The van der Waals surface area contributed by atoms with E-state index in [-0.39, 0.29) is 18.7 Å². The summed E-state index contributed by atoms with van der Waals surface area (Å²) in [6.45, 7) is 1.50. The summed E-state index contributed by atoms with van der Waals surface area (Å²) in [5, 5.41) is 0. The second kappa shape index (κ2) is 9.05. The maximum atomic E-state index is 13.9. The Hall–Kier alpha value is -3.47. The average molecular weight is 456 g/mol. The minimum Gasteiger partial charge on any atom is -0.493 e. The molecule has 1 amide bonds. The molecule has 34 heavy (non-hydrogen) atoms. The van der Waals surface area contributed by atoms with E-state index in [1.54, 1.807) is 0 Å². The third-order valence-electron chi connectivity index (χ3n) is 7.40. The van der Waals surface area contributed by atoms with Crippen LogP contribution in [-0.2, 0) is 13.0 Å². The molecule has 3 aromatic carbocycles. The molecule has 0 unspecified atom stereocenters. The van der Waals surface area contributed by atoms with E-state index in [0.29, 0.717) is 19.1 Å². The van der Waals surface area contributed by atoms with Gasteiger partial charge in [0, 0.05) is 24.6 Å². The number of fused-ring (bicyclic) bond motifs is 2. The number of hydrogen-bond acceptors (Lipinski definition) is 4. The van der Waals surface area contributed by atoms with Crippen LogP contribution in [-0.4, -0.2) is 30.2 Å². The topological polar surface area (TPSA) is 48.0 Å². The Bertz CT molecular complexity index is 1180. The number of amides is 1. The molecule has 0 spiro atoms. The van der Waals surface area contributed by atoms with Crippen LogP contribution < -0.4 is 14.2 Å². The molecular formula is C29H29NO4. The van der Waals surface area contributed by atoms with Crippen molar-refractivity contribution in [3.05, 3.63) is 89.0 Å². The van der Waals surface area contributed by atoms with Gasteiger partial charge in [0.1, 0.15) is 5.75 Å². The van der Waals surface area contributed by atoms with E-state index < -0.39 is 0 Å². The lowest BCUT2D eigenvalue weighted by Gasteiger charge is -2.37. The smallest absolute Gasteiger partial charge is 0.254 e. The Labute approximate surface area is 200 Å². The highest BCUT2D eigenvalue weighted by Crippen LogP contribution is 2.37. The molecule has 5 nitrogen and oxygen atoms in total. The van der Waals surface area contributed by atoms with Gasteiger partial charge in [-0.25, -0.2) is 0 Å². The van der Waals surface area contributed by atoms with E-state index in [2.05, 4.69) is 35.2 Å². The summed E-state index contributed by atoms with van der Waals surface area (Å²) in [5.74, 6) is 3.09. The van der Waals surface area contributed by atoms with Crippen LogP contribution in [0, 0.1) is 0 Å². The zero-order chi connectivity index (χ0) is 22.9. The number of nitrogens with zero attached hydrogens (tertiary/aromatic N) is 1. The largest absolute Gasteiger partial charge is 0.493 e. The molecule has 1 saturated carbocycles. The number of carbonyl (C=O) groups excluding carboxylic acids is 1. The predicted octanol–water partition coefficient (Wildman–Crippen LogP) is 5.72. The highest BCUT2D eigenvalue weighted by atomic mass is 16.7. The molecule has 0 radical (unpaired) electrons. The Morgan fingerprint density at radius 2 is 1.62 bits per heavy atom. The molecule has 3 aromatic rings. The number of rotatable bonds is 5. The monoisotopic (exact) mass is 455 g/mol. The first-order chi connectivity index (χ1) is 16.7. The van der Waals surface area contributed by atoms with Gasteiger partial charge in [0.2, 0.25) is 6.79 Å². The fraction of sp³-hybridized carbons (Fsp3) is 0.345. The van der Waals surface area contributed by atoms with Crippen LogP contribution in [0.5, 0.6) is 17.2 Å². The first kappa shape index (κ1) is 21.1. The molecule has 0 N–H and O–H groups in total. The maximum absolute atomic E-state index is 13.9. The molecule has 1 aliphatic carbocycles. The van der Waals surface area contributed by atoms with E-state index in [4.69, 9.17) is 14.2 Å². The summed E-state index contributed by atoms with van der Waals surface area (Å²) in [4.78, 5) is 15.9. The molecule has 6 rings (SSSR count). The van der Waals surface area contributed by atoms with Crippen LogP contribution >= 0.6 is 0 Å². The van der Waals surface area contributed by atoms with Crippen LogP contribution in [0.1, 0.15) is 58.6 Å². The van der Waals surface area contributed by atoms with Crippen molar-refractivity contribution in [2.24, 2.45) is 0 Å².